The SMILES string of the molecule is COc1cc(CCC(O)C(C)(C)C)cc([N+](=O)[O-])c1. The highest BCUT2D eigenvalue weighted by atomic mass is 16.6. The van der Waals surface area contributed by atoms with E-state index in [0.717, 1.165) is 5.56 Å². The number of nitro benzene ring substituents is 1. The van der Waals surface area contributed by atoms with Crippen LogP contribution in [0.15, 0.2) is 18.2 Å². The van der Waals surface area contributed by atoms with Crippen LogP contribution in [-0.2, 0) is 6.42 Å². The number of aliphatic hydroxyl groups excluding tert-OH is 1. The first-order valence-corrected chi connectivity index (χ1v) is 6.24. The first kappa shape index (κ1) is 15.4. The highest BCUT2D eigenvalue weighted by Crippen LogP contribution is 2.26. The van der Waals surface area contributed by atoms with Gasteiger partial charge in [0, 0.05) is 6.07 Å². The zero-order chi connectivity index (χ0) is 14.6. The van der Waals surface area contributed by atoms with Crippen LogP contribution >= 0.6 is 0 Å². The van der Waals surface area contributed by atoms with Crippen molar-refractivity contribution in [3.8, 4) is 5.75 Å². The summed E-state index contributed by atoms with van der Waals surface area (Å²) in [4.78, 5) is 10.4. The number of hydrogen-bond donors (Lipinski definition) is 1. The highest BCUT2D eigenvalue weighted by Gasteiger charge is 2.22. The van der Waals surface area contributed by atoms with Gasteiger partial charge in [0.25, 0.3) is 5.69 Å². The molecule has 1 unspecified atom stereocenters. The molecule has 1 N–H and O–H groups in total. The molecule has 1 atom stereocenters. The number of nitro groups is 1. The van der Waals surface area contributed by atoms with Gasteiger partial charge in [-0.15, -0.1) is 0 Å². The number of benzene rings is 1. The summed E-state index contributed by atoms with van der Waals surface area (Å²) in [5.74, 6) is 0.467. The smallest absolute Gasteiger partial charge is 0.273 e. The van der Waals surface area contributed by atoms with E-state index < -0.39 is 11.0 Å². The molecule has 1 rings (SSSR count). The Morgan fingerprint density at radius 2 is 2.00 bits per heavy atom. The van der Waals surface area contributed by atoms with Gasteiger partial charge in [-0.2, -0.15) is 0 Å². The zero-order valence-electron chi connectivity index (χ0n) is 11.8. The molecule has 5 nitrogen and oxygen atoms in total. The Balaban J connectivity index is 2.83. The molecule has 0 aliphatic carbocycles. The first-order chi connectivity index (χ1) is 8.74. The normalized spacial score (nSPS) is 13.1. The molecule has 19 heavy (non-hydrogen) atoms. The van der Waals surface area contributed by atoms with Crippen LogP contribution in [-0.4, -0.2) is 23.2 Å². The fraction of sp³-hybridized carbons (Fsp3) is 0.571. The van der Waals surface area contributed by atoms with Crippen molar-refractivity contribution in [3.63, 3.8) is 0 Å². The monoisotopic (exact) mass is 267 g/mol. The third-order valence-corrected chi connectivity index (χ3v) is 3.10. The van der Waals surface area contributed by atoms with Crippen LogP contribution in [0.4, 0.5) is 5.69 Å². The molecular formula is C14H21NO4. The summed E-state index contributed by atoms with van der Waals surface area (Å²) in [6.07, 6.45) is 0.697. The molecule has 1 aromatic rings. The summed E-state index contributed by atoms with van der Waals surface area (Å²) in [7, 11) is 1.48. The van der Waals surface area contributed by atoms with E-state index >= 15 is 0 Å². The van der Waals surface area contributed by atoms with Gasteiger partial charge in [0.15, 0.2) is 0 Å². The van der Waals surface area contributed by atoms with Gasteiger partial charge in [-0.05, 0) is 29.9 Å². The lowest BCUT2D eigenvalue weighted by atomic mass is 9.86. The minimum absolute atomic E-state index is 0.0135. The van der Waals surface area contributed by atoms with Gasteiger partial charge in [0.1, 0.15) is 5.75 Å². The van der Waals surface area contributed by atoms with E-state index in [0.29, 0.717) is 18.6 Å². The predicted molar refractivity (Wildman–Crippen MR) is 73.4 cm³/mol. The fourth-order valence-corrected chi connectivity index (χ4v) is 1.75. The number of aliphatic hydroxyl groups is 1. The van der Waals surface area contributed by atoms with Crippen LogP contribution < -0.4 is 4.74 Å². The minimum Gasteiger partial charge on any atom is -0.496 e. The Morgan fingerprint density at radius 3 is 2.47 bits per heavy atom. The number of methoxy groups -OCH3 is 1. The van der Waals surface area contributed by atoms with E-state index in [1.54, 1.807) is 6.07 Å². The zero-order valence-corrected chi connectivity index (χ0v) is 11.8. The number of hydrogen-bond acceptors (Lipinski definition) is 4. The molecule has 0 fully saturated rings. The van der Waals surface area contributed by atoms with Crippen molar-refractivity contribution < 1.29 is 14.8 Å². The van der Waals surface area contributed by atoms with E-state index in [-0.39, 0.29) is 11.1 Å². The molecule has 5 heteroatoms. The third kappa shape index (κ3) is 4.52. The summed E-state index contributed by atoms with van der Waals surface area (Å²) in [6, 6.07) is 4.68. The van der Waals surface area contributed by atoms with Crippen molar-refractivity contribution in [2.24, 2.45) is 5.41 Å². The highest BCUT2D eigenvalue weighted by molar-refractivity contribution is 5.42. The maximum atomic E-state index is 10.8. The Bertz CT molecular complexity index is 451. The average molecular weight is 267 g/mol. The molecular weight excluding hydrogens is 246 g/mol. The van der Waals surface area contributed by atoms with Crippen LogP contribution in [0.1, 0.15) is 32.8 Å². The fourth-order valence-electron chi connectivity index (χ4n) is 1.75. The molecule has 0 aromatic heterocycles. The lowest BCUT2D eigenvalue weighted by Crippen LogP contribution is -2.26. The van der Waals surface area contributed by atoms with Crippen molar-refractivity contribution in [3.05, 3.63) is 33.9 Å². The maximum absolute atomic E-state index is 10.8. The number of ether oxygens (including phenoxy) is 1. The molecule has 0 aliphatic heterocycles. The van der Waals surface area contributed by atoms with Gasteiger partial charge < -0.3 is 9.84 Å². The van der Waals surface area contributed by atoms with Crippen molar-refractivity contribution >= 4 is 5.69 Å². The maximum Gasteiger partial charge on any atom is 0.273 e. The number of nitrogens with zero attached hydrogens (tertiary/aromatic N) is 1. The standard InChI is InChI=1S/C14H21NO4/c1-14(2,3)13(16)6-5-10-7-11(15(17)18)9-12(8-10)19-4/h7-9,13,16H,5-6H2,1-4H3. The molecule has 0 bridgehead atoms. The van der Waals surface area contributed by atoms with Gasteiger partial charge >= 0.3 is 0 Å². The van der Waals surface area contributed by atoms with Gasteiger partial charge in [0.2, 0.25) is 0 Å². The van der Waals surface area contributed by atoms with E-state index in [4.69, 9.17) is 4.74 Å². The lowest BCUT2D eigenvalue weighted by molar-refractivity contribution is -0.385. The second-order valence-electron chi connectivity index (χ2n) is 5.72. The molecule has 106 valence electrons. The first-order valence-electron chi connectivity index (χ1n) is 6.24. The van der Waals surface area contributed by atoms with E-state index in [9.17, 15) is 15.2 Å². The Kier molecular flexibility index (Phi) is 4.89. The van der Waals surface area contributed by atoms with Crippen molar-refractivity contribution in [2.45, 2.75) is 39.7 Å². The number of non-ortho nitro benzene ring substituents is 1. The molecule has 0 aliphatic rings. The van der Waals surface area contributed by atoms with Gasteiger partial charge in [-0.3, -0.25) is 10.1 Å². The van der Waals surface area contributed by atoms with Gasteiger partial charge in [-0.1, -0.05) is 20.8 Å². The Morgan fingerprint density at radius 1 is 1.37 bits per heavy atom. The van der Waals surface area contributed by atoms with Crippen molar-refractivity contribution in [1.29, 1.82) is 0 Å². The van der Waals surface area contributed by atoms with E-state index in [2.05, 4.69) is 0 Å². The molecule has 1 aromatic carbocycles. The number of rotatable bonds is 5. The van der Waals surface area contributed by atoms with E-state index in [1.165, 1.54) is 19.2 Å². The third-order valence-electron chi connectivity index (χ3n) is 3.10. The molecule has 0 radical (unpaired) electrons. The summed E-state index contributed by atoms with van der Waals surface area (Å²) in [5, 5.41) is 20.8. The second kappa shape index (κ2) is 6.02. The van der Waals surface area contributed by atoms with E-state index in [1.807, 2.05) is 20.8 Å². The Hall–Kier alpha value is -1.62. The molecule has 0 saturated heterocycles. The average Bonchev–Trinajstić information content (AvgIpc) is 2.34. The topological polar surface area (TPSA) is 72.6 Å². The van der Waals surface area contributed by atoms with Crippen LogP contribution in [0.2, 0.25) is 0 Å². The quantitative estimate of drug-likeness (QED) is 0.657. The van der Waals surface area contributed by atoms with Crippen LogP contribution in [0.25, 0.3) is 0 Å². The van der Waals surface area contributed by atoms with Crippen LogP contribution in [0.3, 0.4) is 0 Å². The summed E-state index contributed by atoms with van der Waals surface area (Å²) in [5.41, 5.74) is 0.624. The predicted octanol–water partition coefficient (Wildman–Crippen LogP) is 2.94. The van der Waals surface area contributed by atoms with Crippen molar-refractivity contribution in [2.75, 3.05) is 7.11 Å². The Labute approximate surface area is 113 Å². The van der Waals surface area contributed by atoms with Gasteiger partial charge in [0.05, 0.1) is 24.2 Å². The lowest BCUT2D eigenvalue weighted by Gasteiger charge is -2.25. The molecule has 0 heterocycles. The van der Waals surface area contributed by atoms with Crippen LogP contribution in [0.5, 0.6) is 5.75 Å². The summed E-state index contributed by atoms with van der Waals surface area (Å²) >= 11 is 0. The molecule has 0 saturated carbocycles. The van der Waals surface area contributed by atoms with Crippen LogP contribution in [0, 0.1) is 15.5 Å². The molecule has 0 amide bonds. The summed E-state index contributed by atoms with van der Waals surface area (Å²) in [6.45, 7) is 5.89. The summed E-state index contributed by atoms with van der Waals surface area (Å²) < 4.78 is 5.05. The van der Waals surface area contributed by atoms with Gasteiger partial charge in [-0.25, -0.2) is 0 Å². The largest absolute Gasteiger partial charge is 0.496 e. The molecule has 0 spiro atoms. The van der Waals surface area contributed by atoms with Crippen molar-refractivity contribution in [1.82, 2.24) is 0 Å². The number of aryl methyl sites for hydroxylation is 1. The second-order valence-corrected chi connectivity index (χ2v) is 5.72. The minimum atomic E-state index is -0.447.